The molecule has 5 rings (SSSR count). The SMILES string of the molecule is N#Cc1ccc(N2CCC(CN3CC4(CC(N)C4)C3)C2)c2nccnc12. The summed E-state index contributed by atoms with van der Waals surface area (Å²) in [6.07, 6.45) is 7.02. The van der Waals surface area contributed by atoms with Gasteiger partial charge in [0.05, 0.1) is 11.3 Å². The summed E-state index contributed by atoms with van der Waals surface area (Å²) in [6.45, 7) is 5.77. The molecule has 1 atom stereocenters. The minimum atomic E-state index is 0.449. The molecule has 0 amide bonds. The quantitative estimate of drug-likeness (QED) is 0.910. The molecular weight excluding hydrogens is 324 g/mol. The van der Waals surface area contributed by atoms with Crippen LogP contribution in [0.2, 0.25) is 0 Å². The van der Waals surface area contributed by atoms with Crippen molar-refractivity contribution in [2.75, 3.05) is 37.6 Å². The highest BCUT2D eigenvalue weighted by Crippen LogP contribution is 2.47. The van der Waals surface area contributed by atoms with Gasteiger partial charge in [-0.1, -0.05) is 0 Å². The van der Waals surface area contributed by atoms with E-state index in [1.54, 1.807) is 12.4 Å². The van der Waals surface area contributed by atoms with E-state index < -0.39 is 0 Å². The maximum atomic E-state index is 9.31. The molecule has 3 heterocycles. The number of hydrogen-bond donors (Lipinski definition) is 1. The van der Waals surface area contributed by atoms with E-state index >= 15 is 0 Å². The highest BCUT2D eigenvalue weighted by Gasteiger charge is 2.51. The smallest absolute Gasteiger partial charge is 0.113 e. The molecule has 1 aromatic heterocycles. The second kappa shape index (κ2) is 5.90. The molecule has 2 N–H and O–H groups in total. The molecule has 3 fully saturated rings. The summed E-state index contributed by atoms with van der Waals surface area (Å²) in [5, 5.41) is 9.31. The lowest BCUT2D eigenvalue weighted by molar-refractivity contribution is -0.0758. The number of aromatic nitrogens is 2. The average Bonchev–Trinajstić information content (AvgIpc) is 3.06. The molecule has 2 saturated heterocycles. The van der Waals surface area contributed by atoms with Gasteiger partial charge in [-0.15, -0.1) is 0 Å². The average molecular weight is 348 g/mol. The molecule has 1 aromatic carbocycles. The van der Waals surface area contributed by atoms with Gasteiger partial charge in [0.2, 0.25) is 0 Å². The first kappa shape index (κ1) is 16.0. The van der Waals surface area contributed by atoms with Gasteiger partial charge >= 0.3 is 0 Å². The molecule has 6 nitrogen and oxygen atoms in total. The van der Waals surface area contributed by atoms with Gasteiger partial charge in [0.1, 0.15) is 17.1 Å². The summed E-state index contributed by atoms with van der Waals surface area (Å²) in [5.74, 6) is 0.698. The number of fused-ring (bicyclic) bond motifs is 1. The maximum absolute atomic E-state index is 9.31. The fourth-order valence-electron chi connectivity index (χ4n) is 5.30. The highest BCUT2D eigenvalue weighted by molar-refractivity contribution is 5.92. The number of benzene rings is 1. The van der Waals surface area contributed by atoms with Crippen LogP contribution in [0.15, 0.2) is 24.5 Å². The lowest BCUT2D eigenvalue weighted by atomic mass is 9.61. The monoisotopic (exact) mass is 348 g/mol. The number of likely N-dealkylation sites (tertiary alicyclic amines) is 1. The summed E-state index contributed by atoms with van der Waals surface area (Å²) >= 11 is 0. The van der Waals surface area contributed by atoms with E-state index in [-0.39, 0.29) is 0 Å². The number of hydrogen-bond acceptors (Lipinski definition) is 6. The molecule has 2 aliphatic heterocycles. The summed E-state index contributed by atoms with van der Waals surface area (Å²) in [6, 6.07) is 6.58. The Kier molecular flexibility index (Phi) is 3.63. The Morgan fingerprint density at radius 1 is 1.19 bits per heavy atom. The van der Waals surface area contributed by atoms with Crippen molar-refractivity contribution in [1.82, 2.24) is 14.9 Å². The van der Waals surface area contributed by atoms with Crippen molar-refractivity contribution in [2.24, 2.45) is 17.1 Å². The molecule has 1 aliphatic carbocycles. The molecule has 6 heteroatoms. The molecule has 1 unspecified atom stereocenters. The fourth-order valence-corrected chi connectivity index (χ4v) is 5.30. The molecule has 1 saturated carbocycles. The second-order valence-corrected chi connectivity index (χ2v) is 8.44. The molecule has 1 spiro atoms. The van der Waals surface area contributed by atoms with E-state index in [1.165, 1.54) is 38.9 Å². The van der Waals surface area contributed by atoms with Crippen LogP contribution in [-0.2, 0) is 0 Å². The zero-order valence-electron chi connectivity index (χ0n) is 14.9. The Labute approximate surface area is 153 Å². The zero-order valence-corrected chi connectivity index (χ0v) is 14.9. The predicted molar refractivity (Wildman–Crippen MR) is 101 cm³/mol. The molecule has 134 valence electrons. The van der Waals surface area contributed by atoms with Crippen molar-refractivity contribution < 1.29 is 0 Å². The van der Waals surface area contributed by atoms with Gasteiger partial charge < -0.3 is 15.5 Å². The summed E-state index contributed by atoms with van der Waals surface area (Å²) in [5.41, 5.74) is 9.79. The normalized spacial score (nSPS) is 25.2. The van der Waals surface area contributed by atoms with Crippen molar-refractivity contribution in [1.29, 1.82) is 5.26 Å². The largest absolute Gasteiger partial charge is 0.369 e. The minimum absolute atomic E-state index is 0.449. The maximum Gasteiger partial charge on any atom is 0.113 e. The standard InChI is InChI=1S/C20H24N6/c21-9-15-1-2-17(19-18(15)23-4-5-24-19)26-6-3-14(11-26)10-25-12-20(13-25)7-16(22)8-20/h1-2,4-5,14,16H,3,6-8,10-13,22H2. The third kappa shape index (κ3) is 2.54. The molecule has 26 heavy (non-hydrogen) atoms. The lowest BCUT2D eigenvalue weighted by Gasteiger charge is -2.59. The van der Waals surface area contributed by atoms with Crippen molar-refractivity contribution in [3.8, 4) is 6.07 Å². The Morgan fingerprint density at radius 3 is 2.69 bits per heavy atom. The van der Waals surface area contributed by atoms with Crippen LogP contribution in [0.4, 0.5) is 5.69 Å². The summed E-state index contributed by atoms with van der Waals surface area (Å²) < 4.78 is 0. The zero-order chi connectivity index (χ0) is 17.7. The number of nitrogens with two attached hydrogens (primary N) is 1. The number of nitrogens with zero attached hydrogens (tertiary/aromatic N) is 5. The molecule has 0 bridgehead atoms. The second-order valence-electron chi connectivity index (χ2n) is 8.44. The highest BCUT2D eigenvalue weighted by atomic mass is 15.2. The van der Waals surface area contributed by atoms with Gasteiger partial charge in [-0.05, 0) is 42.7 Å². The van der Waals surface area contributed by atoms with E-state index in [0.29, 0.717) is 28.5 Å². The number of anilines is 1. The number of nitriles is 1. The first-order valence-electron chi connectivity index (χ1n) is 9.52. The van der Waals surface area contributed by atoms with Gasteiger partial charge in [0.15, 0.2) is 0 Å². The van der Waals surface area contributed by atoms with Crippen LogP contribution in [0, 0.1) is 22.7 Å². The number of rotatable bonds is 3. The Hall–Kier alpha value is -2.23. The molecule has 3 aliphatic rings. The van der Waals surface area contributed by atoms with E-state index in [4.69, 9.17) is 5.73 Å². The lowest BCUT2D eigenvalue weighted by Crippen LogP contribution is -2.65. The van der Waals surface area contributed by atoms with Gasteiger partial charge in [0.25, 0.3) is 0 Å². The van der Waals surface area contributed by atoms with E-state index in [9.17, 15) is 5.26 Å². The topological polar surface area (TPSA) is 82.1 Å². The van der Waals surface area contributed by atoms with E-state index in [0.717, 1.165) is 24.3 Å². The van der Waals surface area contributed by atoms with Crippen LogP contribution in [-0.4, -0.2) is 53.6 Å². The van der Waals surface area contributed by atoms with Crippen LogP contribution in [0.25, 0.3) is 11.0 Å². The van der Waals surface area contributed by atoms with Crippen molar-refractivity contribution in [3.63, 3.8) is 0 Å². The molecule has 2 aromatic rings. The Balaban J connectivity index is 1.27. The van der Waals surface area contributed by atoms with Gasteiger partial charge in [-0.3, -0.25) is 9.97 Å². The van der Waals surface area contributed by atoms with Crippen LogP contribution in [0.3, 0.4) is 0 Å². The third-order valence-electron chi connectivity index (χ3n) is 6.38. The summed E-state index contributed by atoms with van der Waals surface area (Å²) in [7, 11) is 0. The van der Waals surface area contributed by atoms with Gasteiger partial charge in [0, 0.05) is 51.2 Å². The van der Waals surface area contributed by atoms with E-state index in [2.05, 4.69) is 25.8 Å². The minimum Gasteiger partial charge on any atom is -0.369 e. The van der Waals surface area contributed by atoms with Crippen LogP contribution in [0.1, 0.15) is 24.8 Å². The van der Waals surface area contributed by atoms with E-state index in [1.807, 2.05) is 12.1 Å². The van der Waals surface area contributed by atoms with Crippen LogP contribution < -0.4 is 10.6 Å². The van der Waals surface area contributed by atoms with Gasteiger partial charge in [-0.2, -0.15) is 5.26 Å². The first-order chi connectivity index (χ1) is 12.7. The first-order valence-corrected chi connectivity index (χ1v) is 9.52. The fraction of sp³-hybridized carbons (Fsp3) is 0.550. The van der Waals surface area contributed by atoms with Crippen LogP contribution in [0.5, 0.6) is 0 Å². The molecule has 0 radical (unpaired) electrons. The van der Waals surface area contributed by atoms with Crippen molar-refractivity contribution in [3.05, 3.63) is 30.1 Å². The Morgan fingerprint density at radius 2 is 1.96 bits per heavy atom. The molecular formula is C20H24N6. The third-order valence-corrected chi connectivity index (χ3v) is 6.38. The predicted octanol–water partition coefficient (Wildman–Crippen LogP) is 1.75. The Bertz CT molecular complexity index is 873. The summed E-state index contributed by atoms with van der Waals surface area (Å²) in [4.78, 5) is 13.9. The van der Waals surface area contributed by atoms with Crippen LogP contribution >= 0.6 is 0 Å². The van der Waals surface area contributed by atoms with Gasteiger partial charge in [-0.25, -0.2) is 0 Å². The van der Waals surface area contributed by atoms with Crippen molar-refractivity contribution in [2.45, 2.75) is 25.3 Å². The van der Waals surface area contributed by atoms with Crippen molar-refractivity contribution >= 4 is 16.7 Å².